The molecule has 0 aliphatic heterocycles. The van der Waals surface area contributed by atoms with Crippen LogP contribution in [0.4, 0.5) is 0 Å². The molecule has 0 aromatic heterocycles. The number of nitriles is 1. The van der Waals surface area contributed by atoms with Crippen molar-refractivity contribution in [1.29, 1.82) is 5.26 Å². The van der Waals surface area contributed by atoms with Gasteiger partial charge < -0.3 is 0 Å². The van der Waals surface area contributed by atoms with Gasteiger partial charge in [-0.25, -0.2) is 0 Å². The Morgan fingerprint density at radius 2 is 1.94 bits per heavy atom. The highest BCUT2D eigenvalue weighted by atomic mass is 14.9. The van der Waals surface area contributed by atoms with Gasteiger partial charge in [-0.1, -0.05) is 43.2 Å². The Labute approximate surface area is 97.3 Å². The lowest BCUT2D eigenvalue weighted by atomic mass is 9.91. The van der Waals surface area contributed by atoms with E-state index >= 15 is 0 Å². The van der Waals surface area contributed by atoms with Gasteiger partial charge in [0.15, 0.2) is 0 Å². The third-order valence-corrected chi connectivity index (χ3v) is 3.43. The van der Waals surface area contributed by atoms with Crippen molar-refractivity contribution in [3.05, 3.63) is 35.9 Å². The maximum absolute atomic E-state index is 8.69. The summed E-state index contributed by atoms with van der Waals surface area (Å²) in [7, 11) is 0. The van der Waals surface area contributed by atoms with Gasteiger partial charge >= 0.3 is 0 Å². The highest BCUT2D eigenvalue weighted by Gasteiger charge is 2.25. The first-order valence-electron chi connectivity index (χ1n) is 6.07. The zero-order valence-corrected chi connectivity index (χ0v) is 9.52. The zero-order valence-electron chi connectivity index (χ0n) is 9.52. The summed E-state index contributed by atoms with van der Waals surface area (Å²) in [6, 6.07) is 13.1. The molecule has 0 radical (unpaired) electrons. The summed E-state index contributed by atoms with van der Waals surface area (Å²) in [6.45, 7) is 0.441. The first-order chi connectivity index (χ1) is 7.92. The zero-order chi connectivity index (χ0) is 11.2. The maximum Gasteiger partial charge on any atom is 0.0845 e. The highest BCUT2D eigenvalue weighted by Crippen LogP contribution is 2.35. The van der Waals surface area contributed by atoms with Crippen LogP contribution in [0.25, 0.3) is 0 Å². The predicted molar refractivity (Wildman–Crippen MR) is 64.8 cm³/mol. The highest BCUT2D eigenvalue weighted by molar-refractivity contribution is 5.20. The van der Waals surface area contributed by atoms with Crippen molar-refractivity contribution < 1.29 is 0 Å². The van der Waals surface area contributed by atoms with Crippen molar-refractivity contribution in [2.24, 2.45) is 5.92 Å². The molecule has 0 heterocycles. The molecule has 0 saturated heterocycles. The molecule has 1 atom stereocenters. The largest absolute Gasteiger partial charge is 0.297 e. The molecular weight excluding hydrogens is 196 g/mol. The van der Waals surface area contributed by atoms with Crippen molar-refractivity contribution in [3.8, 4) is 6.07 Å². The summed E-state index contributed by atoms with van der Waals surface area (Å²) in [4.78, 5) is 0. The molecule has 1 saturated carbocycles. The fourth-order valence-corrected chi connectivity index (χ4v) is 2.66. The van der Waals surface area contributed by atoms with Gasteiger partial charge in [0.05, 0.1) is 12.6 Å². The van der Waals surface area contributed by atoms with Crippen LogP contribution in [-0.2, 0) is 0 Å². The van der Waals surface area contributed by atoms with Crippen LogP contribution in [0.15, 0.2) is 30.3 Å². The summed E-state index contributed by atoms with van der Waals surface area (Å²) in [5.41, 5.74) is 1.32. The van der Waals surface area contributed by atoms with E-state index in [1.807, 2.05) is 6.07 Å². The van der Waals surface area contributed by atoms with Crippen molar-refractivity contribution in [3.63, 3.8) is 0 Å². The molecule has 1 aliphatic rings. The molecule has 1 aromatic rings. The minimum absolute atomic E-state index is 0.364. The SMILES string of the molecule is N#CCN[C@@H](c1ccccc1)C1CCCC1. The minimum Gasteiger partial charge on any atom is -0.297 e. The summed E-state index contributed by atoms with van der Waals surface area (Å²) in [6.07, 6.45) is 5.25. The molecule has 1 fully saturated rings. The topological polar surface area (TPSA) is 35.8 Å². The van der Waals surface area contributed by atoms with Gasteiger partial charge in [0.2, 0.25) is 0 Å². The number of nitrogens with zero attached hydrogens (tertiary/aromatic N) is 1. The second-order valence-electron chi connectivity index (χ2n) is 4.47. The van der Waals surface area contributed by atoms with Crippen LogP contribution in [0.5, 0.6) is 0 Å². The smallest absolute Gasteiger partial charge is 0.0845 e. The lowest BCUT2D eigenvalue weighted by Gasteiger charge is -2.24. The van der Waals surface area contributed by atoms with Crippen molar-refractivity contribution in [1.82, 2.24) is 5.32 Å². The van der Waals surface area contributed by atoms with Crippen LogP contribution in [0.1, 0.15) is 37.3 Å². The first kappa shape index (κ1) is 11.2. The molecule has 16 heavy (non-hydrogen) atoms. The Kier molecular flexibility index (Phi) is 3.96. The number of nitrogens with one attached hydrogen (secondary N) is 1. The Hall–Kier alpha value is -1.33. The molecule has 2 heteroatoms. The van der Waals surface area contributed by atoms with Gasteiger partial charge in [-0.2, -0.15) is 5.26 Å². The molecule has 2 nitrogen and oxygen atoms in total. The summed E-state index contributed by atoms with van der Waals surface area (Å²) < 4.78 is 0. The summed E-state index contributed by atoms with van der Waals surface area (Å²) in [5.74, 6) is 0.704. The van der Waals surface area contributed by atoms with E-state index in [4.69, 9.17) is 5.26 Å². The predicted octanol–water partition coefficient (Wildman–Crippen LogP) is 3.03. The van der Waals surface area contributed by atoms with E-state index in [0.29, 0.717) is 18.5 Å². The minimum atomic E-state index is 0.364. The Bertz CT molecular complexity index is 347. The van der Waals surface area contributed by atoms with Gasteiger partial charge in [0.1, 0.15) is 0 Å². The third kappa shape index (κ3) is 2.62. The van der Waals surface area contributed by atoms with E-state index in [1.165, 1.54) is 31.2 Å². The number of rotatable bonds is 4. The monoisotopic (exact) mass is 214 g/mol. The number of hydrogen-bond acceptors (Lipinski definition) is 2. The van der Waals surface area contributed by atoms with Crippen LogP contribution >= 0.6 is 0 Å². The maximum atomic E-state index is 8.69. The van der Waals surface area contributed by atoms with Crippen LogP contribution in [-0.4, -0.2) is 6.54 Å². The lowest BCUT2D eigenvalue weighted by Crippen LogP contribution is -2.27. The summed E-state index contributed by atoms with van der Waals surface area (Å²) >= 11 is 0. The van der Waals surface area contributed by atoms with E-state index in [2.05, 4.69) is 35.7 Å². The van der Waals surface area contributed by atoms with Gasteiger partial charge in [0.25, 0.3) is 0 Å². The number of hydrogen-bond donors (Lipinski definition) is 1. The van der Waals surface area contributed by atoms with E-state index in [0.717, 1.165) is 0 Å². The molecule has 0 unspecified atom stereocenters. The van der Waals surface area contributed by atoms with Crippen LogP contribution in [0.3, 0.4) is 0 Å². The van der Waals surface area contributed by atoms with Crippen molar-refractivity contribution >= 4 is 0 Å². The van der Waals surface area contributed by atoms with Gasteiger partial charge in [0, 0.05) is 6.04 Å². The second-order valence-corrected chi connectivity index (χ2v) is 4.47. The van der Waals surface area contributed by atoms with Crippen LogP contribution in [0.2, 0.25) is 0 Å². The third-order valence-electron chi connectivity index (χ3n) is 3.43. The average Bonchev–Trinajstić information content (AvgIpc) is 2.85. The van der Waals surface area contributed by atoms with Gasteiger partial charge in [-0.05, 0) is 24.3 Å². The fraction of sp³-hybridized carbons (Fsp3) is 0.500. The fourth-order valence-electron chi connectivity index (χ4n) is 2.66. The van der Waals surface area contributed by atoms with E-state index in [-0.39, 0.29) is 0 Å². The van der Waals surface area contributed by atoms with Crippen molar-refractivity contribution in [2.75, 3.05) is 6.54 Å². The van der Waals surface area contributed by atoms with E-state index < -0.39 is 0 Å². The van der Waals surface area contributed by atoms with Crippen molar-refractivity contribution in [2.45, 2.75) is 31.7 Å². The molecule has 0 bridgehead atoms. The molecule has 1 aliphatic carbocycles. The van der Waals surface area contributed by atoms with Crippen LogP contribution < -0.4 is 5.32 Å². The van der Waals surface area contributed by atoms with E-state index in [9.17, 15) is 0 Å². The Morgan fingerprint density at radius 1 is 1.25 bits per heavy atom. The standard InChI is InChI=1S/C14H18N2/c15-10-11-16-14(13-8-4-5-9-13)12-6-2-1-3-7-12/h1-3,6-7,13-14,16H,4-5,8-9,11H2/t14-/m0/s1. The molecule has 0 spiro atoms. The average molecular weight is 214 g/mol. The number of benzene rings is 1. The lowest BCUT2D eigenvalue weighted by molar-refractivity contribution is 0.381. The van der Waals surface area contributed by atoms with Gasteiger partial charge in [-0.15, -0.1) is 0 Å². The first-order valence-corrected chi connectivity index (χ1v) is 6.07. The van der Waals surface area contributed by atoms with E-state index in [1.54, 1.807) is 0 Å². The Balaban J connectivity index is 2.11. The Morgan fingerprint density at radius 3 is 2.56 bits per heavy atom. The molecule has 1 N–H and O–H groups in total. The molecule has 0 amide bonds. The quantitative estimate of drug-likeness (QED) is 0.782. The molecule has 84 valence electrons. The van der Waals surface area contributed by atoms with Gasteiger partial charge in [-0.3, -0.25) is 5.32 Å². The molecular formula is C14H18N2. The molecule has 2 rings (SSSR count). The molecule has 1 aromatic carbocycles. The summed E-state index contributed by atoms with van der Waals surface area (Å²) in [5, 5.41) is 12.1. The second kappa shape index (κ2) is 5.67. The van der Waals surface area contributed by atoms with Crippen LogP contribution in [0, 0.1) is 17.2 Å². The normalized spacial score (nSPS) is 18.2.